The summed E-state index contributed by atoms with van der Waals surface area (Å²) in [6.45, 7) is 2.37. The third-order valence-corrected chi connectivity index (χ3v) is 5.50. The lowest BCUT2D eigenvalue weighted by atomic mass is 10.0. The van der Waals surface area contributed by atoms with Crippen molar-refractivity contribution in [2.75, 3.05) is 6.54 Å². The quantitative estimate of drug-likeness (QED) is 0.865. The molecule has 0 bridgehead atoms. The molecule has 4 nitrogen and oxygen atoms in total. The Bertz CT molecular complexity index is 534. The fraction of sp³-hybridized carbons (Fsp3) is 0.571. The van der Waals surface area contributed by atoms with Crippen LogP contribution in [-0.2, 0) is 16.4 Å². The van der Waals surface area contributed by atoms with Gasteiger partial charge in [0.1, 0.15) is 0 Å². The standard InChI is InChI=1S/C14H22N2O2S/c1-2-12-6-5-7-13(10-12)19(17,18)16-14(11-15)8-3-4-9-14/h5-7,10,16H,2-4,8-9,11,15H2,1H3. The zero-order valence-corrected chi connectivity index (χ0v) is 12.2. The van der Waals surface area contributed by atoms with Crippen molar-refractivity contribution >= 4 is 10.0 Å². The zero-order chi connectivity index (χ0) is 13.9. The Labute approximate surface area is 115 Å². The van der Waals surface area contributed by atoms with Crippen molar-refractivity contribution < 1.29 is 8.42 Å². The van der Waals surface area contributed by atoms with E-state index in [9.17, 15) is 8.42 Å². The fourth-order valence-electron chi connectivity index (χ4n) is 2.68. The van der Waals surface area contributed by atoms with Gasteiger partial charge in [-0.2, -0.15) is 0 Å². The van der Waals surface area contributed by atoms with Crippen molar-refractivity contribution in [2.24, 2.45) is 5.73 Å². The molecule has 0 aliphatic heterocycles. The van der Waals surface area contributed by atoms with Crippen LogP contribution < -0.4 is 10.5 Å². The minimum atomic E-state index is -3.48. The molecule has 0 spiro atoms. The number of hydrogen-bond donors (Lipinski definition) is 2. The lowest BCUT2D eigenvalue weighted by Crippen LogP contribution is -2.51. The van der Waals surface area contributed by atoms with Crippen LogP contribution >= 0.6 is 0 Å². The number of sulfonamides is 1. The molecule has 106 valence electrons. The maximum atomic E-state index is 12.5. The number of rotatable bonds is 5. The molecule has 0 saturated heterocycles. The second-order valence-electron chi connectivity index (χ2n) is 5.30. The van der Waals surface area contributed by atoms with Crippen LogP contribution in [0, 0.1) is 0 Å². The van der Waals surface area contributed by atoms with E-state index in [1.807, 2.05) is 13.0 Å². The van der Waals surface area contributed by atoms with E-state index in [1.165, 1.54) is 0 Å². The van der Waals surface area contributed by atoms with Gasteiger partial charge >= 0.3 is 0 Å². The summed E-state index contributed by atoms with van der Waals surface area (Å²) in [6.07, 6.45) is 4.56. The summed E-state index contributed by atoms with van der Waals surface area (Å²) in [5.74, 6) is 0. The number of nitrogens with one attached hydrogen (secondary N) is 1. The number of hydrogen-bond acceptors (Lipinski definition) is 3. The Kier molecular flexibility index (Phi) is 4.28. The molecule has 0 heterocycles. The Morgan fingerprint density at radius 1 is 1.32 bits per heavy atom. The molecular weight excluding hydrogens is 260 g/mol. The molecule has 2 rings (SSSR count). The summed E-state index contributed by atoms with van der Waals surface area (Å²) < 4.78 is 27.7. The molecule has 1 aromatic rings. The Morgan fingerprint density at radius 3 is 2.58 bits per heavy atom. The molecule has 1 fully saturated rings. The van der Waals surface area contributed by atoms with Gasteiger partial charge in [-0.05, 0) is 37.0 Å². The van der Waals surface area contributed by atoms with Crippen molar-refractivity contribution in [1.29, 1.82) is 0 Å². The summed E-state index contributed by atoms with van der Waals surface area (Å²) in [5.41, 5.74) is 6.36. The molecule has 1 aliphatic rings. The predicted octanol–water partition coefficient (Wildman–Crippen LogP) is 1.80. The Hall–Kier alpha value is -0.910. The number of aryl methyl sites for hydroxylation is 1. The smallest absolute Gasteiger partial charge is 0.241 e. The SMILES string of the molecule is CCc1cccc(S(=O)(=O)NC2(CN)CCCC2)c1. The van der Waals surface area contributed by atoms with E-state index in [0.29, 0.717) is 11.4 Å². The van der Waals surface area contributed by atoms with Gasteiger partial charge < -0.3 is 5.73 Å². The van der Waals surface area contributed by atoms with Crippen molar-refractivity contribution in [1.82, 2.24) is 4.72 Å². The highest BCUT2D eigenvalue weighted by molar-refractivity contribution is 7.89. The third-order valence-electron chi connectivity index (χ3n) is 3.92. The molecule has 0 amide bonds. The number of nitrogens with two attached hydrogens (primary N) is 1. The first-order valence-electron chi connectivity index (χ1n) is 6.84. The Balaban J connectivity index is 2.26. The van der Waals surface area contributed by atoms with Gasteiger partial charge in [0.25, 0.3) is 0 Å². The minimum Gasteiger partial charge on any atom is -0.329 e. The average Bonchev–Trinajstić information content (AvgIpc) is 2.87. The summed E-state index contributed by atoms with van der Waals surface area (Å²) in [7, 11) is -3.48. The van der Waals surface area contributed by atoms with Crippen LogP contribution in [0.1, 0.15) is 38.2 Å². The Morgan fingerprint density at radius 2 is 2.00 bits per heavy atom. The summed E-state index contributed by atoms with van der Waals surface area (Å²) in [4.78, 5) is 0.339. The molecule has 0 aromatic heterocycles. The van der Waals surface area contributed by atoms with Crippen molar-refractivity contribution in [2.45, 2.75) is 49.5 Å². The second kappa shape index (κ2) is 5.61. The van der Waals surface area contributed by atoms with Crippen LogP contribution in [0.2, 0.25) is 0 Å². The van der Waals surface area contributed by atoms with Gasteiger partial charge in [0.15, 0.2) is 0 Å². The molecule has 0 radical (unpaired) electrons. The van der Waals surface area contributed by atoms with Crippen LogP contribution in [0.3, 0.4) is 0 Å². The molecule has 0 atom stereocenters. The van der Waals surface area contributed by atoms with Gasteiger partial charge in [-0.25, -0.2) is 13.1 Å². The maximum Gasteiger partial charge on any atom is 0.241 e. The van der Waals surface area contributed by atoms with Gasteiger partial charge in [0.2, 0.25) is 10.0 Å². The van der Waals surface area contributed by atoms with Crippen LogP contribution in [0.25, 0.3) is 0 Å². The molecule has 19 heavy (non-hydrogen) atoms. The third kappa shape index (κ3) is 3.16. The van der Waals surface area contributed by atoms with E-state index in [-0.39, 0.29) is 0 Å². The normalized spacial score (nSPS) is 18.6. The lowest BCUT2D eigenvalue weighted by molar-refractivity contribution is 0.399. The molecule has 1 aromatic carbocycles. The zero-order valence-electron chi connectivity index (χ0n) is 11.4. The van der Waals surface area contributed by atoms with E-state index < -0.39 is 15.6 Å². The topological polar surface area (TPSA) is 72.2 Å². The van der Waals surface area contributed by atoms with Gasteiger partial charge in [-0.1, -0.05) is 31.9 Å². The second-order valence-corrected chi connectivity index (χ2v) is 6.98. The summed E-state index contributed by atoms with van der Waals surface area (Å²) in [5, 5.41) is 0. The maximum absolute atomic E-state index is 12.5. The van der Waals surface area contributed by atoms with Gasteiger partial charge in [0, 0.05) is 12.1 Å². The largest absolute Gasteiger partial charge is 0.329 e. The first-order chi connectivity index (χ1) is 9.01. The molecule has 3 N–H and O–H groups in total. The number of benzene rings is 1. The highest BCUT2D eigenvalue weighted by atomic mass is 32.2. The monoisotopic (exact) mass is 282 g/mol. The van der Waals surface area contributed by atoms with Gasteiger partial charge in [-0.15, -0.1) is 0 Å². The van der Waals surface area contributed by atoms with Crippen LogP contribution in [-0.4, -0.2) is 20.5 Å². The molecular formula is C14H22N2O2S. The van der Waals surface area contributed by atoms with E-state index >= 15 is 0 Å². The molecule has 1 saturated carbocycles. The van der Waals surface area contributed by atoms with Crippen LogP contribution in [0.5, 0.6) is 0 Å². The van der Waals surface area contributed by atoms with E-state index in [1.54, 1.807) is 18.2 Å². The molecule has 1 aliphatic carbocycles. The predicted molar refractivity (Wildman–Crippen MR) is 76.4 cm³/mol. The first kappa shape index (κ1) is 14.5. The molecule has 0 unspecified atom stereocenters. The van der Waals surface area contributed by atoms with E-state index in [4.69, 9.17) is 5.73 Å². The van der Waals surface area contributed by atoms with Gasteiger partial charge in [0.05, 0.1) is 4.90 Å². The average molecular weight is 282 g/mol. The van der Waals surface area contributed by atoms with Crippen molar-refractivity contribution in [3.8, 4) is 0 Å². The van der Waals surface area contributed by atoms with E-state index in [2.05, 4.69) is 4.72 Å². The highest BCUT2D eigenvalue weighted by Crippen LogP contribution is 2.30. The van der Waals surface area contributed by atoms with Crippen molar-refractivity contribution in [3.05, 3.63) is 29.8 Å². The minimum absolute atomic E-state index is 0.339. The highest BCUT2D eigenvalue weighted by Gasteiger charge is 2.36. The van der Waals surface area contributed by atoms with Crippen LogP contribution in [0.15, 0.2) is 29.2 Å². The van der Waals surface area contributed by atoms with Crippen molar-refractivity contribution in [3.63, 3.8) is 0 Å². The summed E-state index contributed by atoms with van der Waals surface area (Å²) in [6, 6.07) is 7.10. The molecule has 5 heteroatoms. The first-order valence-corrected chi connectivity index (χ1v) is 8.33. The van der Waals surface area contributed by atoms with Gasteiger partial charge in [-0.3, -0.25) is 0 Å². The summed E-state index contributed by atoms with van der Waals surface area (Å²) >= 11 is 0. The lowest BCUT2D eigenvalue weighted by Gasteiger charge is -2.28. The van der Waals surface area contributed by atoms with Crippen LogP contribution in [0.4, 0.5) is 0 Å². The van der Waals surface area contributed by atoms with E-state index in [0.717, 1.165) is 37.7 Å². The fourth-order valence-corrected chi connectivity index (χ4v) is 4.22.